The molecule has 0 aliphatic rings. The average Bonchev–Trinajstić information content (AvgIpc) is 2.73. The zero-order valence-electron chi connectivity index (χ0n) is 22.7. The molecule has 0 aromatic carbocycles. The Bertz CT molecular complexity index is 613. The Morgan fingerprint density at radius 3 is 1.62 bits per heavy atom. The molecule has 4 heteroatoms. The number of quaternary nitrogens is 2. The van der Waals surface area contributed by atoms with Gasteiger partial charge < -0.3 is 13.7 Å². The molecule has 4 nitrogen and oxygen atoms in total. The van der Waals surface area contributed by atoms with Crippen molar-refractivity contribution in [1.29, 1.82) is 0 Å². The van der Waals surface area contributed by atoms with Gasteiger partial charge in [0.1, 0.15) is 24.5 Å². The van der Waals surface area contributed by atoms with Gasteiger partial charge in [0.2, 0.25) is 0 Å². The molecule has 0 fully saturated rings. The minimum absolute atomic E-state index is 0.927. The van der Waals surface area contributed by atoms with Crippen molar-refractivity contribution in [2.75, 3.05) is 48.4 Å². The second-order valence-electron chi connectivity index (χ2n) is 11.1. The fraction of sp³-hybridized carbons (Fsp3) is 0.821. The lowest BCUT2D eigenvalue weighted by atomic mass is 10.1. The lowest BCUT2D eigenvalue weighted by Gasteiger charge is -2.31. The summed E-state index contributed by atoms with van der Waals surface area (Å²) < 4.78 is 7.65. The van der Waals surface area contributed by atoms with Crippen LogP contribution in [0.3, 0.4) is 0 Å². The molecule has 1 aromatic heterocycles. The van der Waals surface area contributed by atoms with Crippen molar-refractivity contribution in [1.82, 2.24) is 4.98 Å². The topological polar surface area (TPSA) is 22.1 Å². The number of methoxy groups -OCH3 is 1. The highest BCUT2D eigenvalue weighted by atomic mass is 16.5. The van der Waals surface area contributed by atoms with Crippen LogP contribution in [-0.4, -0.2) is 62.3 Å². The monoisotopic (exact) mass is 449 g/mol. The number of hydrogen-bond donors (Lipinski definition) is 0. The first-order chi connectivity index (χ1) is 15.2. The Labute approximate surface area is 200 Å². The van der Waals surface area contributed by atoms with E-state index in [0.717, 1.165) is 33.5 Å². The summed E-state index contributed by atoms with van der Waals surface area (Å²) in [6, 6.07) is 4.30. The summed E-state index contributed by atoms with van der Waals surface area (Å²) in [5, 5.41) is 0. The Kier molecular flexibility index (Phi) is 14.1. The third-order valence-corrected chi connectivity index (χ3v) is 6.61. The average molecular weight is 450 g/mol. The molecule has 0 bridgehead atoms. The van der Waals surface area contributed by atoms with E-state index in [1.54, 1.807) is 7.11 Å². The number of nitrogens with zero attached hydrogens (tertiary/aromatic N) is 3. The van der Waals surface area contributed by atoms with Gasteiger partial charge in [-0.05, 0) is 37.8 Å². The number of unbranched alkanes of at least 4 members (excludes halogenated alkanes) is 10. The summed E-state index contributed by atoms with van der Waals surface area (Å²) in [6.07, 6.45) is 16.2. The quantitative estimate of drug-likeness (QED) is 0.168. The van der Waals surface area contributed by atoms with Crippen molar-refractivity contribution < 1.29 is 13.7 Å². The standard InChI is InChI=1S/C28H55N3O/c1-8-10-12-14-16-18-22-30(3,4)24-26-20-21-28(32-7)27(29-26)25-31(5,6)23-19-17-15-13-11-9-2/h20-21H,8-19,22-25H2,1-7H3/q+2. The molecule has 0 amide bonds. The lowest BCUT2D eigenvalue weighted by molar-refractivity contribution is -0.905. The molecule has 1 rings (SSSR count). The molecule has 0 unspecified atom stereocenters. The van der Waals surface area contributed by atoms with Gasteiger partial charge in [0.05, 0.1) is 54.1 Å². The third-order valence-electron chi connectivity index (χ3n) is 6.61. The summed E-state index contributed by atoms with van der Waals surface area (Å²) in [5.41, 5.74) is 2.30. The number of pyridine rings is 1. The summed E-state index contributed by atoms with van der Waals surface area (Å²) in [4.78, 5) is 5.10. The van der Waals surface area contributed by atoms with Crippen LogP contribution in [0.5, 0.6) is 5.75 Å². The van der Waals surface area contributed by atoms with Crippen LogP contribution in [0, 0.1) is 0 Å². The second-order valence-corrected chi connectivity index (χ2v) is 11.1. The van der Waals surface area contributed by atoms with Crippen molar-refractivity contribution in [3.05, 3.63) is 23.5 Å². The molecular formula is C28H55N3O+2. The van der Waals surface area contributed by atoms with Crippen LogP contribution in [0.25, 0.3) is 0 Å². The largest absolute Gasteiger partial charge is 0.495 e. The minimum atomic E-state index is 0.927. The summed E-state index contributed by atoms with van der Waals surface area (Å²) in [6.45, 7) is 8.89. The number of rotatable bonds is 19. The van der Waals surface area contributed by atoms with Gasteiger partial charge in [-0.1, -0.05) is 65.2 Å². The Hall–Kier alpha value is -1.13. The van der Waals surface area contributed by atoms with E-state index in [9.17, 15) is 0 Å². The van der Waals surface area contributed by atoms with E-state index in [0.29, 0.717) is 0 Å². The van der Waals surface area contributed by atoms with Crippen LogP contribution in [0.4, 0.5) is 0 Å². The van der Waals surface area contributed by atoms with Crippen LogP contribution in [0.1, 0.15) is 102 Å². The van der Waals surface area contributed by atoms with Gasteiger partial charge in [-0.2, -0.15) is 0 Å². The molecule has 0 radical (unpaired) electrons. The van der Waals surface area contributed by atoms with E-state index >= 15 is 0 Å². The normalized spacial score (nSPS) is 12.3. The van der Waals surface area contributed by atoms with Gasteiger partial charge in [-0.15, -0.1) is 0 Å². The van der Waals surface area contributed by atoms with Crippen molar-refractivity contribution in [3.63, 3.8) is 0 Å². The third kappa shape index (κ3) is 12.8. The Morgan fingerprint density at radius 1 is 0.656 bits per heavy atom. The molecule has 186 valence electrons. The van der Waals surface area contributed by atoms with Gasteiger partial charge >= 0.3 is 0 Å². The molecular weight excluding hydrogens is 394 g/mol. The van der Waals surface area contributed by atoms with E-state index in [2.05, 4.69) is 54.2 Å². The summed E-state index contributed by atoms with van der Waals surface area (Å²) in [5.74, 6) is 0.934. The molecule has 0 spiro atoms. The highest BCUT2D eigenvalue weighted by Gasteiger charge is 2.22. The molecule has 0 atom stereocenters. The first-order valence-electron chi connectivity index (χ1n) is 13.4. The number of aromatic nitrogens is 1. The highest BCUT2D eigenvalue weighted by molar-refractivity contribution is 5.28. The van der Waals surface area contributed by atoms with E-state index in [1.807, 2.05) is 0 Å². The molecule has 0 saturated carbocycles. The first kappa shape index (κ1) is 28.9. The Balaban J connectivity index is 2.61. The molecule has 1 aromatic rings. The summed E-state index contributed by atoms with van der Waals surface area (Å²) >= 11 is 0. The van der Waals surface area contributed by atoms with Gasteiger partial charge in [-0.25, -0.2) is 4.98 Å². The maximum absolute atomic E-state index is 5.68. The van der Waals surface area contributed by atoms with Crippen molar-refractivity contribution in [3.8, 4) is 5.75 Å². The second kappa shape index (κ2) is 15.7. The van der Waals surface area contributed by atoms with Gasteiger partial charge in [0, 0.05) is 0 Å². The predicted octanol–water partition coefficient (Wildman–Crippen LogP) is 6.96. The molecule has 0 aliphatic carbocycles. The van der Waals surface area contributed by atoms with Crippen LogP contribution in [0.15, 0.2) is 12.1 Å². The van der Waals surface area contributed by atoms with Crippen LogP contribution in [0.2, 0.25) is 0 Å². The number of hydrogen-bond acceptors (Lipinski definition) is 2. The van der Waals surface area contributed by atoms with E-state index in [4.69, 9.17) is 9.72 Å². The molecule has 0 aliphatic heterocycles. The van der Waals surface area contributed by atoms with Gasteiger partial charge in [-0.3, -0.25) is 0 Å². The molecule has 1 heterocycles. The smallest absolute Gasteiger partial charge is 0.146 e. The van der Waals surface area contributed by atoms with Crippen LogP contribution >= 0.6 is 0 Å². The van der Waals surface area contributed by atoms with Crippen molar-refractivity contribution >= 4 is 0 Å². The minimum Gasteiger partial charge on any atom is -0.495 e. The SMILES string of the molecule is CCCCCCCC[N+](C)(C)Cc1ccc(OC)c(C[N+](C)(C)CCCCCCCC)n1. The van der Waals surface area contributed by atoms with E-state index < -0.39 is 0 Å². The zero-order valence-corrected chi connectivity index (χ0v) is 22.7. The number of ether oxygens (including phenoxy) is 1. The van der Waals surface area contributed by atoms with E-state index in [1.165, 1.54) is 95.8 Å². The fourth-order valence-corrected chi connectivity index (χ4v) is 4.56. The fourth-order valence-electron chi connectivity index (χ4n) is 4.56. The first-order valence-corrected chi connectivity index (χ1v) is 13.4. The van der Waals surface area contributed by atoms with E-state index in [-0.39, 0.29) is 0 Å². The highest BCUT2D eigenvalue weighted by Crippen LogP contribution is 2.22. The Morgan fingerprint density at radius 2 is 1.12 bits per heavy atom. The van der Waals surface area contributed by atoms with Crippen LogP contribution in [-0.2, 0) is 13.1 Å². The van der Waals surface area contributed by atoms with Gasteiger partial charge in [0.25, 0.3) is 0 Å². The van der Waals surface area contributed by atoms with Crippen LogP contribution < -0.4 is 4.74 Å². The van der Waals surface area contributed by atoms with Crippen molar-refractivity contribution in [2.45, 2.75) is 104 Å². The predicted molar refractivity (Wildman–Crippen MR) is 139 cm³/mol. The molecule has 0 saturated heterocycles. The van der Waals surface area contributed by atoms with Crippen molar-refractivity contribution in [2.24, 2.45) is 0 Å². The molecule has 0 N–H and O–H groups in total. The maximum Gasteiger partial charge on any atom is 0.146 e. The zero-order chi connectivity index (χ0) is 23.9. The molecule has 32 heavy (non-hydrogen) atoms. The lowest BCUT2D eigenvalue weighted by Crippen LogP contribution is -2.41. The summed E-state index contributed by atoms with van der Waals surface area (Å²) in [7, 11) is 11.1. The maximum atomic E-state index is 5.68. The van der Waals surface area contributed by atoms with Gasteiger partial charge in [0.15, 0.2) is 0 Å².